The summed E-state index contributed by atoms with van der Waals surface area (Å²) < 4.78 is 32.4. The predicted octanol–water partition coefficient (Wildman–Crippen LogP) is 3.60. The first-order valence-corrected chi connectivity index (χ1v) is 12.3. The van der Waals surface area contributed by atoms with Crippen LogP contribution in [0.5, 0.6) is 0 Å². The molecular formula is C22H26ClN3O4S. The molecule has 0 unspecified atom stereocenters. The lowest BCUT2D eigenvalue weighted by atomic mass is 10.1. The van der Waals surface area contributed by atoms with E-state index < -0.39 is 15.9 Å². The predicted molar refractivity (Wildman–Crippen MR) is 121 cm³/mol. The zero-order chi connectivity index (χ0) is 21.8. The van der Waals surface area contributed by atoms with Gasteiger partial charge in [0.05, 0.1) is 28.7 Å². The largest absolute Gasteiger partial charge is 0.379 e. The molecule has 0 aromatic heterocycles. The van der Waals surface area contributed by atoms with Gasteiger partial charge in [-0.25, -0.2) is 8.42 Å². The first-order valence-electron chi connectivity index (χ1n) is 10.5. The maximum atomic E-state index is 12.9. The monoisotopic (exact) mass is 463 g/mol. The van der Waals surface area contributed by atoms with Crippen molar-refractivity contribution in [3.8, 4) is 0 Å². The van der Waals surface area contributed by atoms with Crippen molar-refractivity contribution in [3.05, 3.63) is 53.1 Å². The number of hydrogen-bond acceptors (Lipinski definition) is 5. The summed E-state index contributed by atoms with van der Waals surface area (Å²) in [6.45, 7) is 3.38. The van der Waals surface area contributed by atoms with Crippen molar-refractivity contribution in [3.63, 3.8) is 0 Å². The molecular weight excluding hydrogens is 438 g/mol. The third-order valence-electron chi connectivity index (χ3n) is 5.64. The van der Waals surface area contributed by atoms with Crippen LogP contribution in [0.15, 0.2) is 47.4 Å². The highest BCUT2D eigenvalue weighted by Gasteiger charge is 2.27. The highest BCUT2D eigenvalue weighted by Crippen LogP contribution is 2.26. The number of carbonyl (C=O) groups is 1. The molecule has 7 nitrogen and oxygen atoms in total. The number of halogens is 1. The summed E-state index contributed by atoms with van der Waals surface area (Å²) in [5.74, 6) is -0.449. The maximum absolute atomic E-state index is 12.9. The number of amides is 1. The SMILES string of the molecule is O=C(Nc1ccc(N2CCCCC2)cc1)c1cc(S(=O)(=O)N2CCOCC2)ccc1Cl. The summed E-state index contributed by atoms with van der Waals surface area (Å²) in [5, 5.41) is 3.01. The lowest BCUT2D eigenvalue weighted by molar-refractivity contribution is 0.0730. The van der Waals surface area contributed by atoms with E-state index in [1.807, 2.05) is 24.3 Å². The molecule has 2 aromatic carbocycles. The van der Waals surface area contributed by atoms with E-state index in [4.69, 9.17) is 16.3 Å². The molecule has 9 heteroatoms. The smallest absolute Gasteiger partial charge is 0.257 e. The number of carbonyl (C=O) groups excluding carboxylic acids is 1. The van der Waals surface area contributed by atoms with Gasteiger partial charge in [0, 0.05) is 37.6 Å². The molecule has 2 heterocycles. The second-order valence-corrected chi connectivity index (χ2v) is 10.1. The molecule has 31 heavy (non-hydrogen) atoms. The first-order chi connectivity index (χ1) is 14.9. The van der Waals surface area contributed by atoms with Crippen LogP contribution in [-0.4, -0.2) is 58.0 Å². The second-order valence-electron chi connectivity index (χ2n) is 7.71. The summed E-state index contributed by atoms with van der Waals surface area (Å²) in [4.78, 5) is 15.2. The van der Waals surface area contributed by atoms with Gasteiger partial charge in [-0.2, -0.15) is 4.31 Å². The van der Waals surface area contributed by atoms with Gasteiger partial charge >= 0.3 is 0 Å². The Morgan fingerprint density at radius 3 is 2.29 bits per heavy atom. The third-order valence-corrected chi connectivity index (χ3v) is 7.86. The van der Waals surface area contributed by atoms with Crippen LogP contribution in [0, 0.1) is 0 Å². The minimum Gasteiger partial charge on any atom is -0.379 e. The fraction of sp³-hybridized carbons (Fsp3) is 0.409. The number of nitrogens with zero attached hydrogens (tertiary/aromatic N) is 2. The molecule has 0 bridgehead atoms. The molecule has 2 saturated heterocycles. The molecule has 1 N–H and O–H groups in total. The van der Waals surface area contributed by atoms with Crippen LogP contribution in [0.25, 0.3) is 0 Å². The van der Waals surface area contributed by atoms with Crippen LogP contribution in [0.3, 0.4) is 0 Å². The van der Waals surface area contributed by atoms with Crippen LogP contribution < -0.4 is 10.2 Å². The van der Waals surface area contributed by atoms with Crippen molar-refractivity contribution in [2.24, 2.45) is 0 Å². The fourth-order valence-electron chi connectivity index (χ4n) is 3.88. The molecule has 2 fully saturated rings. The quantitative estimate of drug-likeness (QED) is 0.732. The van der Waals surface area contributed by atoms with E-state index >= 15 is 0 Å². The number of morpholine rings is 1. The normalized spacial score (nSPS) is 18.0. The average Bonchev–Trinajstić information content (AvgIpc) is 2.81. The highest BCUT2D eigenvalue weighted by molar-refractivity contribution is 7.89. The number of nitrogens with one attached hydrogen (secondary N) is 1. The summed E-state index contributed by atoms with van der Waals surface area (Å²) >= 11 is 6.22. The molecule has 0 atom stereocenters. The van der Waals surface area contributed by atoms with E-state index in [1.54, 1.807) is 0 Å². The van der Waals surface area contributed by atoms with Crippen molar-refractivity contribution in [1.82, 2.24) is 4.31 Å². The van der Waals surface area contributed by atoms with Crippen molar-refractivity contribution in [2.45, 2.75) is 24.2 Å². The van der Waals surface area contributed by atoms with Crippen molar-refractivity contribution in [2.75, 3.05) is 49.6 Å². The van der Waals surface area contributed by atoms with Crippen molar-refractivity contribution >= 4 is 38.9 Å². The lowest BCUT2D eigenvalue weighted by Gasteiger charge is -2.28. The summed E-state index contributed by atoms with van der Waals surface area (Å²) in [6, 6.07) is 11.9. The average molecular weight is 464 g/mol. The number of ether oxygens (including phenoxy) is 1. The van der Waals surface area contributed by atoms with Crippen LogP contribution >= 0.6 is 11.6 Å². The third kappa shape index (κ3) is 5.03. The van der Waals surface area contributed by atoms with Gasteiger partial charge in [-0.3, -0.25) is 4.79 Å². The number of sulfonamides is 1. The Labute approximate surface area is 188 Å². The van der Waals surface area contributed by atoms with Gasteiger partial charge in [-0.15, -0.1) is 0 Å². The molecule has 0 radical (unpaired) electrons. The van der Waals surface area contributed by atoms with E-state index in [-0.39, 0.29) is 28.6 Å². The number of anilines is 2. The second kappa shape index (κ2) is 9.56. The zero-order valence-electron chi connectivity index (χ0n) is 17.2. The Kier molecular flexibility index (Phi) is 6.81. The van der Waals surface area contributed by atoms with Gasteiger partial charge in [-0.1, -0.05) is 11.6 Å². The number of piperidine rings is 1. The molecule has 2 aromatic rings. The van der Waals surface area contributed by atoms with Gasteiger partial charge in [0.1, 0.15) is 0 Å². The molecule has 1 amide bonds. The zero-order valence-corrected chi connectivity index (χ0v) is 18.8. The molecule has 0 spiro atoms. The van der Waals surface area contributed by atoms with Gasteiger partial charge < -0.3 is 15.0 Å². The van der Waals surface area contributed by atoms with Crippen LogP contribution in [-0.2, 0) is 14.8 Å². The lowest BCUT2D eigenvalue weighted by Crippen LogP contribution is -2.40. The molecule has 0 saturated carbocycles. The first kappa shape index (κ1) is 22.1. The Hall–Kier alpha value is -2.13. The van der Waals surface area contributed by atoms with E-state index in [0.717, 1.165) is 18.8 Å². The number of benzene rings is 2. The summed E-state index contributed by atoms with van der Waals surface area (Å²) in [5.41, 5.74) is 1.88. The number of rotatable bonds is 5. The minimum atomic E-state index is -3.72. The maximum Gasteiger partial charge on any atom is 0.257 e. The number of hydrogen-bond donors (Lipinski definition) is 1. The topological polar surface area (TPSA) is 79.0 Å². The van der Waals surface area contributed by atoms with E-state index in [2.05, 4.69) is 10.2 Å². The van der Waals surface area contributed by atoms with E-state index in [1.165, 1.54) is 41.8 Å². The molecule has 0 aliphatic carbocycles. The summed E-state index contributed by atoms with van der Waals surface area (Å²) in [6.07, 6.45) is 3.66. The molecule has 4 rings (SSSR count). The van der Waals surface area contributed by atoms with Gasteiger partial charge in [0.2, 0.25) is 10.0 Å². The van der Waals surface area contributed by atoms with Gasteiger partial charge in [0.15, 0.2) is 0 Å². The van der Waals surface area contributed by atoms with E-state index in [0.29, 0.717) is 18.9 Å². The van der Waals surface area contributed by atoms with Crippen molar-refractivity contribution < 1.29 is 17.9 Å². The Balaban J connectivity index is 1.50. The standard InChI is InChI=1S/C22H26ClN3O4S/c23-21-9-8-19(31(28,29)26-12-14-30-15-13-26)16-20(21)22(27)24-17-4-6-18(7-5-17)25-10-2-1-3-11-25/h4-9,16H,1-3,10-15H2,(H,24,27). The summed E-state index contributed by atoms with van der Waals surface area (Å²) in [7, 11) is -3.72. The van der Waals surface area contributed by atoms with Crippen molar-refractivity contribution in [1.29, 1.82) is 0 Å². The minimum absolute atomic E-state index is 0.0457. The van der Waals surface area contributed by atoms with Gasteiger partial charge in [-0.05, 0) is 61.7 Å². The Morgan fingerprint density at radius 2 is 1.61 bits per heavy atom. The van der Waals surface area contributed by atoms with Crippen LogP contribution in [0.1, 0.15) is 29.6 Å². The molecule has 2 aliphatic heterocycles. The van der Waals surface area contributed by atoms with Crippen LogP contribution in [0.2, 0.25) is 5.02 Å². The van der Waals surface area contributed by atoms with E-state index in [9.17, 15) is 13.2 Å². The van der Waals surface area contributed by atoms with Crippen LogP contribution in [0.4, 0.5) is 11.4 Å². The Morgan fingerprint density at radius 1 is 0.935 bits per heavy atom. The van der Waals surface area contributed by atoms with Gasteiger partial charge in [0.25, 0.3) is 5.91 Å². The Bertz CT molecular complexity index is 1030. The molecule has 166 valence electrons. The fourth-order valence-corrected chi connectivity index (χ4v) is 5.52. The molecule has 2 aliphatic rings. The highest BCUT2D eigenvalue weighted by atomic mass is 35.5.